The summed E-state index contributed by atoms with van der Waals surface area (Å²) in [4.78, 5) is 47.9. The van der Waals surface area contributed by atoms with Crippen LogP contribution in [-0.2, 0) is 22.6 Å². The van der Waals surface area contributed by atoms with Crippen molar-refractivity contribution in [3.63, 3.8) is 0 Å². The molecular formula is C31H34N4O4S. The van der Waals surface area contributed by atoms with Crippen molar-refractivity contribution in [3.8, 4) is 5.75 Å². The number of thiazole rings is 1. The van der Waals surface area contributed by atoms with Crippen molar-refractivity contribution in [2.24, 2.45) is 5.92 Å². The number of carbonyl (C=O) groups excluding carboxylic acids is 3. The smallest absolute Gasteiger partial charge is 0.273 e. The van der Waals surface area contributed by atoms with Gasteiger partial charge in [-0.1, -0.05) is 35.9 Å². The summed E-state index contributed by atoms with van der Waals surface area (Å²) in [5.41, 5.74) is 5.07. The lowest BCUT2D eigenvalue weighted by Crippen LogP contribution is -2.50. The highest BCUT2D eigenvalue weighted by atomic mass is 32.1. The molecule has 0 radical (unpaired) electrons. The van der Waals surface area contributed by atoms with Crippen LogP contribution in [0.15, 0.2) is 47.8 Å². The quantitative estimate of drug-likeness (QED) is 0.453. The second-order valence-electron chi connectivity index (χ2n) is 10.9. The summed E-state index contributed by atoms with van der Waals surface area (Å²) in [6.45, 7) is 6.74. The second-order valence-corrected chi connectivity index (χ2v) is 11.9. The molecule has 0 unspecified atom stereocenters. The molecule has 208 valence electrons. The second kappa shape index (κ2) is 11.0. The van der Waals surface area contributed by atoms with Gasteiger partial charge in [-0.05, 0) is 55.0 Å². The fourth-order valence-electron chi connectivity index (χ4n) is 5.69. The number of ether oxygens (including phenoxy) is 1. The third-order valence-electron chi connectivity index (χ3n) is 8.06. The third kappa shape index (κ3) is 5.47. The summed E-state index contributed by atoms with van der Waals surface area (Å²) in [5, 5.41) is 2.50. The van der Waals surface area contributed by atoms with Gasteiger partial charge in [0.25, 0.3) is 5.91 Å². The molecule has 2 aromatic carbocycles. The zero-order valence-electron chi connectivity index (χ0n) is 23.0. The van der Waals surface area contributed by atoms with Crippen molar-refractivity contribution in [1.29, 1.82) is 0 Å². The summed E-state index contributed by atoms with van der Waals surface area (Å²) in [7, 11) is 0. The van der Waals surface area contributed by atoms with E-state index in [1.54, 1.807) is 22.1 Å². The number of nitrogens with zero attached hydrogens (tertiary/aromatic N) is 4. The normalized spacial score (nSPS) is 18.9. The monoisotopic (exact) mass is 558 g/mol. The number of amides is 3. The average Bonchev–Trinajstić information content (AvgIpc) is 3.72. The lowest BCUT2D eigenvalue weighted by Gasteiger charge is -2.38. The summed E-state index contributed by atoms with van der Waals surface area (Å²) < 4.78 is 6.18. The van der Waals surface area contributed by atoms with Gasteiger partial charge in [-0.3, -0.25) is 14.4 Å². The van der Waals surface area contributed by atoms with E-state index in [0.29, 0.717) is 31.9 Å². The highest BCUT2D eigenvalue weighted by Gasteiger charge is 2.39. The van der Waals surface area contributed by atoms with E-state index < -0.39 is 0 Å². The fraction of sp³-hybridized carbons (Fsp3) is 0.419. The molecule has 8 nitrogen and oxygen atoms in total. The predicted octanol–water partition coefficient (Wildman–Crippen LogP) is 4.22. The molecule has 0 spiro atoms. The van der Waals surface area contributed by atoms with Crippen LogP contribution in [0.4, 0.5) is 0 Å². The van der Waals surface area contributed by atoms with Gasteiger partial charge in [-0.2, -0.15) is 0 Å². The average molecular weight is 559 g/mol. The van der Waals surface area contributed by atoms with E-state index >= 15 is 0 Å². The van der Waals surface area contributed by atoms with Crippen LogP contribution in [0.25, 0.3) is 0 Å². The standard InChI is InChI=1S/C31H34N4O4S/c1-20-4-3-5-24(16-20)29-26-17-25(9-8-22(26)10-11-35(29)30(37)23-6-7-23)39-18-28-32-27(19-40-28)31(38)34-14-12-33(13-15-34)21(2)36/h3-5,8-9,16-17,19,23,29H,6-7,10-15,18H2,1-2H3/t29-/m1/s1. The summed E-state index contributed by atoms with van der Waals surface area (Å²) in [6, 6.07) is 14.5. The summed E-state index contributed by atoms with van der Waals surface area (Å²) >= 11 is 1.41. The lowest BCUT2D eigenvalue weighted by molar-refractivity contribution is -0.134. The molecular weight excluding hydrogens is 524 g/mol. The van der Waals surface area contributed by atoms with Gasteiger partial charge >= 0.3 is 0 Å². The first kappa shape index (κ1) is 26.5. The Kier molecular flexibility index (Phi) is 7.31. The molecule has 3 aromatic rings. The van der Waals surface area contributed by atoms with Crippen LogP contribution in [0.1, 0.15) is 63.6 Å². The highest BCUT2D eigenvalue weighted by molar-refractivity contribution is 7.09. The van der Waals surface area contributed by atoms with Gasteiger partial charge in [0.15, 0.2) is 0 Å². The number of aromatic nitrogens is 1. The first-order valence-electron chi connectivity index (χ1n) is 14.0. The van der Waals surface area contributed by atoms with Gasteiger partial charge in [0.1, 0.15) is 23.1 Å². The van der Waals surface area contributed by atoms with E-state index in [1.165, 1.54) is 22.5 Å². The molecule has 40 heavy (non-hydrogen) atoms. The Morgan fingerprint density at radius 2 is 1.77 bits per heavy atom. The first-order valence-corrected chi connectivity index (χ1v) is 14.9. The maximum atomic E-state index is 13.3. The molecule has 2 fully saturated rings. The van der Waals surface area contributed by atoms with E-state index in [-0.39, 0.29) is 36.3 Å². The Morgan fingerprint density at radius 3 is 2.50 bits per heavy atom. The Labute approximate surface area is 238 Å². The van der Waals surface area contributed by atoms with Crippen LogP contribution in [0, 0.1) is 12.8 Å². The van der Waals surface area contributed by atoms with Crippen LogP contribution in [0.2, 0.25) is 0 Å². The van der Waals surface area contributed by atoms with Crippen molar-refractivity contribution < 1.29 is 19.1 Å². The van der Waals surface area contributed by atoms with E-state index in [0.717, 1.165) is 47.7 Å². The molecule has 0 N–H and O–H groups in total. The largest absolute Gasteiger partial charge is 0.486 e. The van der Waals surface area contributed by atoms with Gasteiger partial charge in [0.2, 0.25) is 11.8 Å². The zero-order valence-corrected chi connectivity index (χ0v) is 23.8. The third-order valence-corrected chi connectivity index (χ3v) is 8.88. The summed E-state index contributed by atoms with van der Waals surface area (Å²) in [6.07, 6.45) is 2.80. The van der Waals surface area contributed by atoms with E-state index in [9.17, 15) is 14.4 Å². The van der Waals surface area contributed by atoms with Crippen molar-refractivity contribution in [2.45, 2.75) is 45.8 Å². The molecule has 3 amide bonds. The van der Waals surface area contributed by atoms with Crippen molar-refractivity contribution in [1.82, 2.24) is 19.7 Å². The Morgan fingerprint density at radius 1 is 1.00 bits per heavy atom. The molecule has 1 aromatic heterocycles. The summed E-state index contributed by atoms with van der Waals surface area (Å²) in [5.74, 6) is 1.07. The van der Waals surface area contributed by atoms with Crippen LogP contribution < -0.4 is 4.74 Å². The molecule has 1 aliphatic carbocycles. The van der Waals surface area contributed by atoms with Gasteiger partial charge in [0, 0.05) is 50.9 Å². The van der Waals surface area contributed by atoms with Crippen molar-refractivity contribution >= 4 is 29.1 Å². The van der Waals surface area contributed by atoms with E-state index in [2.05, 4.69) is 53.2 Å². The van der Waals surface area contributed by atoms with Gasteiger partial charge in [-0.15, -0.1) is 11.3 Å². The van der Waals surface area contributed by atoms with Gasteiger partial charge in [0.05, 0.1) is 6.04 Å². The number of hydrogen-bond acceptors (Lipinski definition) is 6. The molecule has 1 saturated heterocycles. The number of aryl methyl sites for hydroxylation is 1. The number of benzene rings is 2. The first-order chi connectivity index (χ1) is 19.4. The number of carbonyl (C=O) groups is 3. The molecule has 2 aliphatic heterocycles. The fourth-order valence-corrected chi connectivity index (χ4v) is 6.37. The zero-order chi connectivity index (χ0) is 27.8. The number of rotatable bonds is 6. The minimum Gasteiger partial charge on any atom is -0.486 e. The van der Waals surface area contributed by atoms with E-state index in [4.69, 9.17) is 4.74 Å². The van der Waals surface area contributed by atoms with Crippen molar-refractivity contribution in [2.75, 3.05) is 32.7 Å². The molecule has 1 saturated carbocycles. The van der Waals surface area contributed by atoms with Crippen LogP contribution in [0.3, 0.4) is 0 Å². The van der Waals surface area contributed by atoms with Crippen LogP contribution >= 0.6 is 11.3 Å². The predicted molar refractivity (Wildman–Crippen MR) is 152 cm³/mol. The molecule has 9 heteroatoms. The Hall–Kier alpha value is -3.72. The Bertz CT molecular complexity index is 1440. The number of fused-ring (bicyclic) bond motifs is 1. The van der Waals surface area contributed by atoms with Gasteiger partial charge < -0.3 is 19.4 Å². The Balaban J connectivity index is 1.17. The lowest BCUT2D eigenvalue weighted by atomic mass is 9.87. The van der Waals surface area contributed by atoms with Crippen LogP contribution in [0.5, 0.6) is 5.75 Å². The van der Waals surface area contributed by atoms with E-state index in [1.807, 2.05) is 6.07 Å². The maximum absolute atomic E-state index is 13.3. The van der Waals surface area contributed by atoms with Crippen molar-refractivity contribution in [3.05, 3.63) is 80.8 Å². The number of hydrogen-bond donors (Lipinski definition) is 0. The molecule has 0 bridgehead atoms. The highest BCUT2D eigenvalue weighted by Crippen LogP contribution is 2.41. The van der Waals surface area contributed by atoms with Gasteiger partial charge in [-0.25, -0.2) is 4.98 Å². The van der Waals surface area contributed by atoms with Crippen LogP contribution in [-0.4, -0.2) is 70.1 Å². The molecule has 1 atom stereocenters. The SMILES string of the molecule is CC(=O)N1CCN(C(=O)c2csc(COc3ccc4c(c3)[C@@H](c3cccc(C)c3)N(C(=O)C3CC3)CC4)n2)CC1. The minimum atomic E-state index is -0.132. The number of piperazine rings is 1. The molecule has 6 rings (SSSR count). The maximum Gasteiger partial charge on any atom is 0.273 e. The minimum absolute atomic E-state index is 0.0368. The molecule has 3 aliphatic rings. The molecule has 3 heterocycles. The topological polar surface area (TPSA) is 83.1 Å².